The summed E-state index contributed by atoms with van der Waals surface area (Å²) in [6, 6.07) is 16.8. The van der Waals surface area contributed by atoms with E-state index in [4.69, 9.17) is 21.8 Å². The molecule has 0 saturated heterocycles. The van der Waals surface area contributed by atoms with Crippen molar-refractivity contribution in [2.24, 2.45) is 5.73 Å². The van der Waals surface area contributed by atoms with E-state index in [-0.39, 0.29) is 24.3 Å². The van der Waals surface area contributed by atoms with Crippen LogP contribution in [0.25, 0.3) is 11.3 Å². The van der Waals surface area contributed by atoms with Gasteiger partial charge in [-0.05, 0) is 36.4 Å². The number of nitrogens with one attached hydrogen (secondary N) is 2. The van der Waals surface area contributed by atoms with Crippen molar-refractivity contribution in [3.63, 3.8) is 0 Å². The Balaban J connectivity index is 1.74. The molecule has 3 rings (SSSR count). The van der Waals surface area contributed by atoms with Gasteiger partial charge in [0.15, 0.2) is 5.76 Å². The first kappa shape index (κ1) is 20.2. The lowest BCUT2D eigenvalue weighted by Gasteiger charge is -2.10. The molecule has 8 heteroatoms. The van der Waals surface area contributed by atoms with Crippen molar-refractivity contribution in [2.45, 2.75) is 6.42 Å². The van der Waals surface area contributed by atoms with Crippen molar-refractivity contribution < 1.29 is 18.8 Å². The van der Waals surface area contributed by atoms with Crippen LogP contribution in [0.4, 0.5) is 5.69 Å². The molecule has 148 valence electrons. The van der Waals surface area contributed by atoms with Crippen molar-refractivity contribution in [3.8, 4) is 11.3 Å². The zero-order valence-corrected chi connectivity index (χ0v) is 16.0. The van der Waals surface area contributed by atoms with Crippen LogP contribution >= 0.6 is 11.6 Å². The highest BCUT2D eigenvalue weighted by Gasteiger charge is 2.17. The van der Waals surface area contributed by atoms with Crippen LogP contribution in [0.5, 0.6) is 0 Å². The molecule has 1 heterocycles. The van der Waals surface area contributed by atoms with Crippen molar-refractivity contribution in [2.75, 3.05) is 11.9 Å². The number of hydrogen-bond donors (Lipinski definition) is 3. The van der Waals surface area contributed by atoms with Crippen LogP contribution in [0.15, 0.2) is 65.1 Å². The minimum Gasteiger partial charge on any atom is -0.451 e. The standard InChI is InChI=1S/C21H18ClN3O4/c22-15-7-3-1-5-13(15)17-9-10-18(29-17)21(28)25-16-8-4-2-6-14(16)20(27)24-12-11-19(23)26/h1-10H,11-12H2,(H2,23,26)(H,24,27)(H,25,28). The third-order valence-corrected chi connectivity index (χ3v) is 4.38. The Labute approximate surface area is 171 Å². The molecule has 0 spiro atoms. The van der Waals surface area contributed by atoms with Gasteiger partial charge in [-0.25, -0.2) is 0 Å². The van der Waals surface area contributed by atoms with Crippen LogP contribution in [-0.2, 0) is 4.79 Å². The maximum Gasteiger partial charge on any atom is 0.291 e. The normalized spacial score (nSPS) is 10.4. The van der Waals surface area contributed by atoms with Crippen LogP contribution < -0.4 is 16.4 Å². The molecule has 0 bridgehead atoms. The van der Waals surface area contributed by atoms with Gasteiger partial charge in [-0.3, -0.25) is 14.4 Å². The fourth-order valence-electron chi connectivity index (χ4n) is 2.63. The molecule has 7 nitrogen and oxygen atoms in total. The summed E-state index contributed by atoms with van der Waals surface area (Å²) >= 11 is 6.16. The predicted octanol–water partition coefficient (Wildman–Crippen LogP) is 3.46. The highest BCUT2D eigenvalue weighted by atomic mass is 35.5. The quantitative estimate of drug-likeness (QED) is 0.552. The topological polar surface area (TPSA) is 114 Å². The minimum absolute atomic E-state index is 0.0253. The Kier molecular flexibility index (Phi) is 6.31. The number of nitrogens with two attached hydrogens (primary N) is 1. The molecule has 2 aromatic carbocycles. The highest BCUT2D eigenvalue weighted by molar-refractivity contribution is 6.33. The number of amides is 3. The zero-order chi connectivity index (χ0) is 20.8. The lowest BCUT2D eigenvalue weighted by atomic mass is 10.1. The fourth-order valence-corrected chi connectivity index (χ4v) is 2.86. The number of primary amides is 1. The van der Waals surface area contributed by atoms with Gasteiger partial charge in [0.05, 0.1) is 16.3 Å². The van der Waals surface area contributed by atoms with E-state index in [2.05, 4.69) is 10.6 Å². The van der Waals surface area contributed by atoms with Gasteiger partial charge in [0.25, 0.3) is 11.8 Å². The Morgan fingerprint density at radius 3 is 2.41 bits per heavy atom. The average molecular weight is 412 g/mol. The van der Waals surface area contributed by atoms with Crippen molar-refractivity contribution in [3.05, 3.63) is 77.0 Å². The molecule has 0 aliphatic heterocycles. The first-order chi connectivity index (χ1) is 14.0. The van der Waals surface area contributed by atoms with Crippen LogP contribution in [0.1, 0.15) is 27.3 Å². The summed E-state index contributed by atoms with van der Waals surface area (Å²) in [6.45, 7) is 0.107. The van der Waals surface area contributed by atoms with Crippen molar-refractivity contribution in [1.82, 2.24) is 5.32 Å². The third-order valence-electron chi connectivity index (χ3n) is 4.05. The summed E-state index contributed by atoms with van der Waals surface area (Å²) < 4.78 is 5.63. The number of furan rings is 1. The van der Waals surface area contributed by atoms with Crippen LogP contribution in [0.3, 0.4) is 0 Å². The van der Waals surface area contributed by atoms with E-state index in [0.717, 1.165) is 0 Å². The second-order valence-corrected chi connectivity index (χ2v) is 6.52. The lowest BCUT2D eigenvalue weighted by Crippen LogP contribution is -2.28. The van der Waals surface area contributed by atoms with Crippen LogP contribution in [0, 0.1) is 0 Å². The molecule has 1 aromatic heterocycles. The van der Waals surface area contributed by atoms with Gasteiger partial charge < -0.3 is 20.8 Å². The maximum absolute atomic E-state index is 12.6. The number of carbonyl (C=O) groups is 3. The summed E-state index contributed by atoms with van der Waals surface area (Å²) in [7, 11) is 0. The summed E-state index contributed by atoms with van der Waals surface area (Å²) in [5.74, 6) is -0.930. The van der Waals surface area contributed by atoms with Crippen LogP contribution in [0.2, 0.25) is 5.02 Å². The van der Waals surface area contributed by atoms with E-state index in [1.54, 1.807) is 48.5 Å². The number of hydrogen-bond acceptors (Lipinski definition) is 4. The molecule has 0 radical (unpaired) electrons. The molecule has 0 unspecified atom stereocenters. The van der Waals surface area contributed by atoms with Gasteiger partial charge in [0.2, 0.25) is 5.91 Å². The van der Waals surface area contributed by atoms with E-state index in [9.17, 15) is 14.4 Å². The predicted molar refractivity (Wildman–Crippen MR) is 110 cm³/mol. The molecule has 0 saturated carbocycles. The lowest BCUT2D eigenvalue weighted by molar-refractivity contribution is -0.117. The average Bonchev–Trinajstić information content (AvgIpc) is 3.18. The van der Waals surface area contributed by atoms with Crippen molar-refractivity contribution >= 4 is 35.0 Å². The molecule has 0 aliphatic carbocycles. The second kappa shape index (κ2) is 9.07. The Hall–Kier alpha value is -3.58. The van der Waals surface area contributed by atoms with Gasteiger partial charge in [0, 0.05) is 18.5 Å². The summed E-state index contributed by atoms with van der Waals surface area (Å²) in [5, 5.41) is 5.76. The minimum atomic E-state index is -0.515. The van der Waals surface area contributed by atoms with Gasteiger partial charge in [0.1, 0.15) is 5.76 Å². The first-order valence-electron chi connectivity index (χ1n) is 8.77. The monoisotopic (exact) mass is 411 g/mol. The largest absolute Gasteiger partial charge is 0.451 e. The second-order valence-electron chi connectivity index (χ2n) is 6.12. The number of halogens is 1. The molecule has 3 amide bonds. The van der Waals surface area contributed by atoms with Gasteiger partial charge in [-0.2, -0.15) is 0 Å². The molecular formula is C21H18ClN3O4. The summed E-state index contributed by atoms with van der Waals surface area (Å²) in [6.07, 6.45) is 0.0253. The summed E-state index contributed by atoms with van der Waals surface area (Å²) in [5.41, 5.74) is 6.30. The zero-order valence-electron chi connectivity index (χ0n) is 15.3. The molecule has 0 fully saturated rings. The molecule has 0 atom stereocenters. The molecule has 4 N–H and O–H groups in total. The van der Waals surface area contributed by atoms with E-state index in [1.165, 1.54) is 6.07 Å². The number of rotatable bonds is 7. The third kappa shape index (κ3) is 5.03. The SMILES string of the molecule is NC(=O)CCNC(=O)c1ccccc1NC(=O)c1ccc(-c2ccccc2Cl)o1. The van der Waals surface area contributed by atoms with E-state index in [0.29, 0.717) is 22.0 Å². The Bertz CT molecular complexity index is 1060. The van der Waals surface area contributed by atoms with Gasteiger partial charge in [-0.15, -0.1) is 0 Å². The van der Waals surface area contributed by atoms with Crippen LogP contribution in [-0.4, -0.2) is 24.3 Å². The highest BCUT2D eigenvalue weighted by Crippen LogP contribution is 2.29. The smallest absolute Gasteiger partial charge is 0.291 e. The number of anilines is 1. The maximum atomic E-state index is 12.6. The molecule has 29 heavy (non-hydrogen) atoms. The number of benzene rings is 2. The van der Waals surface area contributed by atoms with E-state index >= 15 is 0 Å². The van der Waals surface area contributed by atoms with E-state index < -0.39 is 17.7 Å². The molecular weight excluding hydrogens is 394 g/mol. The Morgan fingerprint density at radius 1 is 0.931 bits per heavy atom. The summed E-state index contributed by atoms with van der Waals surface area (Å²) in [4.78, 5) is 35.7. The van der Waals surface area contributed by atoms with Gasteiger partial charge in [-0.1, -0.05) is 35.9 Å². The first-order valence-corrected chi connectivity index (χ1v) is 9.15. The van der Waals surface area contributed by atoms with Crippen molar-refractivity contribution in [1.29, 1.82) is 0 Å². The molecule has 3 aromatic rings. The number of carbonyl (C=O) groups excluding carboxylic acids is 3. The number of para-hydroxylation sites is 1. The molecule has 0 aliphatic rings. The fraction of sp³-hybridized carbons (Fsp3) is 0.0952. The Morgan fingerprint density at radius 2 is 1.66 bits per heavy atom. The van der Waals surface area contributed by atoms with E-state index in [1.807, 2.05) is 6.07 Å². The van der Waals surface area contributed by atoms with Gasteiger partial charge >= 0.3 is 0 Å².